The molecule has 138 valence electrons. The summed E-state index contributed by atoms with van der Waals surface area (Å²) < 4.78 is 5.55. The average molecular weight is 361 g/mol. The van der Waals surface area contributed by atoms with Crippen molar-refractivity contribution >= 4 is 11.6 Å². The first-order valence-electron chi connectivity index (χ1n) is 8.87. The molecule has 5 nitrogen and oxygen atoms in total. The Morgan fingerprint density at radius 3 is 2.41 bits per heavy atom. The lowest BCUT2D eigenvalue weighted by molar-refractivity contribution is -0.118. The van der Waals surface area contributed by atoms with Crippen LogP contribution in [-0.2, 0) is 17.9 Å². The van der Waals surface area contributed by atoms with Gasteiger partial charge in [-0.1, -0.05) is 35.9 Å². The molecule has 0 radical (unpaired) electrons. The summed E-state index contributed by atoms with van der Waals surface area (Å²) in [5.74, 6) is 0.492. The van der Waals surface area contributed by atoms with E-state index in [0.717, 1.165) is 35.5 Å². The molecule has 0 atom stereocenters. The van der Waals surface area contributed by atoms with Crippen molar-refractivity contribution in [3.05, 3.63) is 89.7 Å². The molecule has 3 aromatic rings. The number of aryl methyl sites for hydroxylation is 1. The van der Waals surface area contributed by atoms with Crippen molar-refractivity contribution in [3.63, 3.8) is 0 Å². The smallest absolute Gasteiger partial charge is 0.262 e. The maximum atomic E-state index is 12.0. The highest BCUT2D eigenvalue weighted by Crippen LogP contribution is 2.13. The first-order chi connectivity index (χ1) is 13.2. The van der Waals surface area contributed by atoms with E-state index < -0.39 is 0 Å². The first kappa shape index (κ1) is 18.6. The Morgan fingerprint density at radius 1 is 0.963 bits per heavy atom. The Labute approximate surface area is 159 Å². The van der Waals surface area contributed by atoms with Crippen LogP contribution in [-0.4, -0.2) is 17.5 Å². The number of pyridine rings is 1. The van der Waals surface area contributed by atoms with Gasteiger partial charge in [-0.3, -0.25) is 9.78 Å². The number of benzene rings is 2. The third-order valence-corrected chi connectivity index (χ3v) is 4.01. The quantitative estimate of drug-likeness (QED) is 0.642. The number of nitrogens with one attached hydrogen (secondary N) is 2. The number of anilines is 1. The molecule has 0 saturated carbocycles. The van der Waals surface area contributed by atoms with Crippen molar-refractivity contribution in [1.82, 2.24) is 10.3 Å². The van der Waals surface area contributed by atoms with Gasteiger partial charge in [0.1, 0.15) is 5.75 Å². The summed E-state index contributed by atoms with van der Waals surface area (Å²) in [4.78, 5) is 16.1. The van der Waals surface area contributed by atoms with Crippen LogP contribution >= 0.6 is 0 Å². The molecule has 0 spiro atoms. The van der Waals surface area contributed by atoms with Gasteiger partial charge in [0.25, 0.3) is 5.91 Å². The fourth-order valence-electron chi connectivity index (χ4n) is 2.54. The highest BCUT2D eigenvalue weighted by atomic mass is 16.5. The lowest BCUT2D eigenvalue weighted by Gasteiger charge is -2.09. The molecule has 0 aliphatic carbocycles. The van der Waals surface area contributed by atoms with Gasteiger partial charge in [0.15, 0.2) is 6.61 Å². The molecule has 1 aromatic heterocycles. The van der Waals surface area contributed by atoms with Gasteiger partial charge in [0.05, 0.1) is 0 Å². The molecule has 0 unspecified atom stereocenters. The van der Waals surface area contributed by atoms with Gasteiger partial charge < -0.3 is 15.4 Å². The second kappa shape index (κ2) is 9.50. The monoisotopic (exact) mass is 361 g/mol. The normalized spacial score (nSPS) is 10.4. The van der Waals surface area contributed by atoms with Gasteiger partial charge >= 0.3 is 0 Å². The molecule has 27 heavy (non-hydrogen) atoms. The van der Waals surface area contributed by atoms with E-state index in [2.05, 4.69) is 15.6 Å². The van der Waals surface area contributed by atoms with Gasteiger partial charge in [-0.15, -0.1) is 0 Å². The molecular formula is C22H23N3O2. The highest BCUT2D eigenvalue weighted by Gasteiger charge is 2.04. The minimum absolute atomic E-state index is 0.0213. The van der Waals surface area contributed by atoms with Gasteiger partial charge in [-0.05, 0) is 48.4 Å². The molecule has 1 amide bonds. The van der Waals surface area contributed by atoms with E-state index in [0.29, 0.717) is 5.75 Å². The van der Waals surface area contributed by atoms with Crippen LogP contribution in [0.15, 0.2) is 73.1 Å². The second-order valence-corrected chi connectivity index (χ2v) is 6.31. The standard InChI is InChI=1S/C22H23N3O2/c1-17-4-8-20(9-5-17)25-22(26)16-27-21-10-6-18(7-11-21)13-24-15-19-3-2-12-23-14-19/h2-12,14,24H,13,15-16H2,1H3,(H,25,26). The maximum Gasteiger partial charge on any atom is 0.262 e. The fourth-order valence-corrected chi connectivity index (χ4v) is 2.54. The summed E-state index contributed by atoms with van der Waals surface area (Å²) in [6.07, 6.45) is 3.62. The Morgan fingerprint density at radius 2 is 1.70 bits per heavy atom. The number of nitrogens with zero attached hydrogens (tertiary/aromatic N) is 1. The molecule has 1 heterocycles. The van der Waals surface area contributed by atoms with E-state index >= 15 is 0 Å². The minimum Gasteiger partial charge on any atom is -0.484 e. The third-order valence-electron chi connectivity index (χ3n) is 4.01. The zero-order chi connectivity index (χ0) is 18.9. The van der Waals surface area contributed by atoms with Crippen molar-refractivity contribution in [2.45, 2.75) is 20.0 Å². The number of carbonyl (C=O) groups is 1. The Hall–Kier alpha value is -3.18. The number of ether oxygens (including phenoxy) is 1. The average Bonchev–Trinajstić information content (AvgIpc) is 2.70. The molecule has 2 aromatic carbocycles. The predicted molar refractivity (Wildman–Crippen MR) is 107 cm³/mol. The van der Waals surface area contributed by atoms with E-state index in [1.165, 1.54) is 0 Å². The summed E-state index contributed by atoms with van der Waals surface area (Å²) in [5.41, 5.74) is 4.22. The van der Waals surface area contributed by atoms with E-state index in [1.807, 2.05) is 73.8 Å². The van der Waals surface area contributed by atoms with Gasteiger partial charge in [0, 0.05) is 31.2 Å². The van der Waals surface area contributed by atoms with Crippen LogP contribution < -0.4 is 15.4 Å². The summed E-state index contributed by atoms with van der Waals surface area (Å²) >= 11 is 0. The van der Waals surface area contributed by atoms with Gasteiger partial charge in [-0.25, -0.2) is 0 Å². The Kier molecular flexibility index (Phi) is 6.55. The number of rotatable bonds is 8. The maximum absolute atomic E-state index is 12.0. The van der Waals surface area contributed by atoms with Crippen molar-refractivity contribution < 1.29 is 9.53 Å². The van der Waals surface area contributed by atoms with Crippen LogP contribution in [0.5, 0.6) is 5.75 Å². The minimum atomic E-state index is -0.180. The molecule has 2 N–H and O–H groups in total. The fraction of sp³-hybridized carbons (Fsp3) is 0.182. The number of hydrogen-bond acceptors (Lipinski definition) is 4. The zero-order valence-electron chi connectivity index (χ0n) is 15.3. The highest BCUT2D eigenvalue weighted by molar-refractivity contribution is 5.91. The first-order valence-corrected chi connectivity index (χ1v) is 8.87. The van der Waals surface area contributed by atoms with Crippen molar-refractivity contribution in [2.24, 2.45) is 0 Å². The Balaban J connectivity index is 1.40. The molecule has 0 aliphatic rings. The van der Waals surface area contributed by atoms with Crippen LogP contribution in [0.3, 0.4) is 0 Å². The summed E-state index contributed by atoms with van der Waals surface area (Å²) in [6, 6.07) is 19.4. The van der Waals surface area contributed by atoms with Crippen molar-refractivity contribution in [1.29, 1.82) is 0 Å². The number of hydrogen-bond donors (Lipinski definition) is 2. The van der Waals surface area contributed by atoms with Crippen LogP contribution in [0.4, 0.5) is 5.69 Å². The molecule has 0 fully saturated rings. The number of amides is 1. The van der Waals surface area contributed by atoms with Crippen LogP contribution in [0.25, 0.3) is 0 Å². The topological polar surface area (TPSA) is 63.2 Å². The molecule has 0 bridgehead atoms. The molecule has 5 heteroatoms. The van der Waals surface area contributed by atoms with E-state index in [-0.39, 0.29) is 12.5 Å². The SMILES string of the molecule is Cc1ccc(NC(=O)COc2ccc(CNCc3cccnc3)cc2)cc1. The molecule has 3 rings (SSSR count). The van der Waals surface area contributed by atoms with Crippen molar-refractivity contribution in [2.75, 3.05) is 11.9 Å². The summed E-state index contributed by atoms with van der Waals surface area (Å²) in [6.45, 7) is 3.51. The van der Waals surface area contributed by atoms with Crippen LogP contribution in [0.1, 0.15) is 16.7 Å². The van der Waals surface area contributed by atoms with Crippen molar-refractivity contribution in [3.8, 4) is 5.75 Å². The summed E-state index contributed by atoms with van der Waals surface area (Å²) in [7, 11) is 0. The summed E-state index contributed by atoms with van der Waals surface area (Å²) in [5, 5.41) is 6.19. The van der Waals surface area contributed by atoms with E-state index in [1.54, 1.807) is 6.20 Å². The largest absolute Gasteiger partial charge is 0.484 e. The lowest BCUT2D eigenvalue weighted by atomic mass is 10.2. The second-order valence-electron chi connectivity index (χ2n) is 6.31. The van der Waals surface area contributed by atoms with Crippen LogP contribution in [0.2, 0.25) is 0 Å². The van der Waals surface area contributed by atoms with Crippen LogP contribution in [0, 0.1) is 6.92 Å². The van der Waals surface area contributed by atoms with Gasteiger partial charge in [-0.2, -0.15) is 0 Å². The third kappa shape index (κ3) is 6.24. The zero-order valence-corrected chi connectivity index (χ0v) is 15.3. The lowest BCUT2D eigenvalue weighted by Crippen LogP contribution is -2.20. The van der Waals surface area contributed by atoms with E-state index in [4.69, 9.17) is 4.74 Å². The predicted octanol–water partition coefficient (Wildman–Crippen LogP) is 3.70. The molecule has 0 saturated heterocycles. The number of carbonyl (C=O) groups excluding carboxylic acids is 1. The van der Waals surface area contributed by atoms with Gasteiger partial charge in [0.2, 0.25) is 0 Å². The molecular weight excluding hydrogens is 338 g/mol. The van der Waals surface area contributed by atoms with E-state index in [9.17, 15) is 4.79 Å². The number of aromatic nitrogens is 1. The Bertz CT molecular complexity index is 847. The molecule has 0 aliphatic heterocycles.